The predicted molar refractivity (Wildman–Crippen MR) is 40.5 cm³/mol. The summed E-state index contributed by atoms with van der Waals surface area (Å²) in [7, 11) is 0. The predicted octanol–water partition coefficient (Wildman–Crippen LogP) is 0.447. The molecular weight excluding hydrogens is 341 g/mol. The van der Waals surface area contributed by atoms with Crippen LogP contribution in [-0.4, -0.2) is 5.97 Å². The van der Waals surface area contributed by atoms with E-state index in [9.17, 15) is 9.90 Å². The molecule has 0 N–H and O–H groups in total. The van der Waals surface area contributed by atoms with Gasteiger partial charge in [-0.3, -0.25) is 0 Å². The Morgan fingerprint density at radius 1 is 1.25 bits per heavy atom. The van der Waals surface area contributed by atoms with Gasteiger partial charge in [0.05, 0.1) is 5.97 Å². The SMILES string of the molecule is O=C([O-])C=Cc1ccccc1.[Hg+]. The van der Waals surface area contributed by atoms with Gasteiger partial charge in [0.2, 0.25) is 0 Å². The Morgan fingerprint density at radius 2 is 1.83 bits per heavy atom. The summed E-state index contributed by atoms with van der Waals surface area (Å²) in [6.45, 7) is 0. The summed E-state index contributed by atoms with van der Waals surface area (Å²) in [6, 6.07) is 9.19. The first kappa shape index (κ1) is 11.4. The molecule has 0 spiro atoms. The average molecular weight is 348 g/mol. The van der Waals surface area contributed by atoms with Crippen molar-refractivity contribution in [1.29, 1.82) is 0 Å². The molecule has 1 aromatic carbocycles. The summed E-state index contributed by atoms with van der Waals surface area (Å²) in [4.78, 5) is 9.97. The molecule has 3 heteroatoms. The number of carboxylic acids is 1. The minimum absolute atomic E-state index is 0. The van der Waals surface area contributed by atoms with E-state index < -0.39 is 5.97 Å². The summed E-state index contributed by atoms with van der Waals surface area (Å²) in [6.07, 6.45) is 2.50. The number of carboxylic acid groups (broad SMARTS) is 1. The van der Waals surface area contributed by atoms with Crippen molar-refractivity contribution < 1.29 is 37.6 Å². The third kappa shape index (κ3) is 4.29. The Bertz CT molecular complexity index is 267. The Hall–Kier alpha value is -0.635. The van der Waals surface area contributed by atoms with Gasteiger partial charge in [0, 0.05) is 0 Å². The Labute approximate surface area is 91.4 Å². The molecule has 12 heavy (non-hydrogen) atoms. The van der Waals surface area contributed by atoms with Crippen LogP contribution in [0.2, 0.25) is 0 Å². The van der Waals surface area contributed by atoms with Crippen LogP contribution in [0.25, 0.3) is 6.08 Å². The van der Waals surface area contributed by atoms with Gasteiger partial charge in [-0.1, -0.05) is 36.4 Å². The molecular formula is C9H7HgO2. The van der Waals surface area contributed by atoms with Crippen molar-refractivity contribution in [1.82, 2.24) is 0 Å². The van der Waals surface area contributed by atoms with E-state index >= 15 is 0 Å². The zero-order valence-electron chi connectivity index (χ0n) is 6.57. The molecule has 1 aromatic rings. The number of rotatable bonds is 2. The zero-order valence-corrected chi connectivity index (χ0v) is 12.1. The minimum atomic E-state index is -1.17. The third-order valence-corrected chi connectivity index (χ3v) is 1.21. The maximum Gasteiger partial charge on any atom is 1.00 e. The van der Waals surface area contributed by atoms with E-state index in [0.717, 1.165) is 11.6 Å². The topological polar surface area (TPSA) is 40.1 Å². The maximum atomic E-state index is 9.97. The number of carbonyl (C=O) groups is 1. The smallest absolute Gasteiger partial charge is 0.545 e. The molecule has 0 unspecified atom stereocenters. The number of hydrogen-bond donors (Lipinski definition) is 0. The number of aliphatic carboxylic acids is 1. The summed E-state index contributed by atoms with van der Waals surface area (Å²) in [5.74, 6) is -1.17. The van der Waals surface area contributed by atoms with Gasteiger partial charge in [-0.15, -0.1) is 0 Å². The molecule has 0 aromatic heterocycles. The molecule has 0 bridgehead atoms. The first-order valence-corrected chi connectivity index (χ1v) is 3.23. The summed E-state index contributed by atoms with van der Waals surface area (Å²) < 4.78 is 0. The monoisotopic (exact) mass is 349 g/mol. The molecule has 0 saturated heterocycles. The van der Waals surface area contributed by atoms with Crippen molar-refractivity contribution in [3.8, 4) is 0 Å². The van der Waals surface area contributed by atoms with Crippen molar-refractivity contribution in [2.75, 3.05) is 0 Å². The van der Waals surface area contributed by atoms with E-state index in [1.165, 1.54) is 6.08 Å². The van der Waals surface area contributed by atoms with E-state index in [1.54, 1.807) is 0 Å². The Kier molecular flexibility index (Phi) is 5.63. The molecule has 0 heterocycles. The summed E-state index contributed by atoms with van der Waals surface area (Å²) in [5, 5.41) is 9.97. The fourth-order valence-electron chi connectivity index (χ4n) is 0.728. The molecule has 2 nitrogen and oxygen atoms in total. The van der Waals surface area contributed by atoms with Crippen LogP contribution in [0, 0.1) is 0 Å². The molecule has 0 atom stereocenters. The van der Waals surface area contributed by atoms with Crippen LogP contribution in [0.5, 0.6) is 0 Å². The van der Waals surface area contributed by atoms with Crippen molar-refractivity contribution in [3.05, 3.63) is 42.0 Å². The van der Waals surface area contributed by atoms with Crippen LogP contribution in [-0.2, 0) is 32.5 Å². The normalized spacial score (nSPS) is 9.33. The van der Waals surface area contributed by atoms with Crippen LogP contribution in [0.4, 0.5) is 0 Å². The van der Waals surface area contributed by atoms with Gasteiger partial charge in [-0.05, 0) is 11.6 Å². The first-order chi connectivity index (χ1) is 5.29. The van der Waals surface area contributed by atoms with Gasteiger partial charge in [0.15, 0.2) is 0 Å². The molecule has 1 rings (SSSR count). The largest absolute Gasteiger partial charge is 1.00 e. The molecule has 0 aliphatic heterocycles. The van der Waals surface area contributed by atoms with Crippen molar-refractivity contribution in [2.45, 2.75) is 0 Å². The molecule has 0 aliphatic carbocycles. The number of carbonyl (C=O) groups excluding carboxylic acids is 1. The second kappa shape index (κ2) is 5.95. The van der Waals surface area contributed by atoms with Crippen LogP contribution in [0.15, 0.2) is 36.4 Å². The van der Waals surface area contributed by atoms with Crippen LogP contribution in [0.1, 0.15) is 5.56 Å². The molecule has 0 amide bonds. The summed E-state index contributed by atoms with van der Waals surface area (Å²) in [5.41, 5.74) is 0.858. The average Bonchev–Trinajstić information content (AvgIpc) is 2.03. The standard InChI is InChI=1S/C9H8O2.Hg/c10-9(11)7-6-8-4-2-1-3-5-8;/h1-7H,(H,10,11);/q;+1/p-1. The minimum Gasteiger partial charge on any atom is -0.545 e. The number of benzene rings is 1. The van der Waals surface area contributed by atoms with E-state index in [2.05, 4.69) is 0 Å². The third-order valence-electron chi connectivity index (χ3n) is 1.21. The van der Waals surface area contributed by atoms with E-state index in [1.807, 2.05) is 30.3 Å². The van der Waals surface area contributed by atoms with Gasteiger partial charge >= 0.3 is 27.7 Å². The maximum absolute atomic E-state index is 9.97. The summed E-state index contributed by atoms with van der Waals surface area (Å²) >= 11 is 0. The second-order valence-electron chi connectivity index (χ2n) is 2.06. The molecule has 0 fully saturated rings. The molecule has 57 valence electrons. The van der Waals surface area contributed by atoms with E-state index in [0.29, 0.717) is 0 Å². The fourth-order valence-corrected chi connectivity index (χ4v) is 0.728. The molecule has 0 aliphatic rings. The van der Waals surface area contributed by atoms with E-state index in [4.69, 9.17) is 0 Å². The van der Waals surface area contributed by atoms with Gasteiger partial charge in [-0.2, -0.15) is 0 Å². The molecule has 1 radical (unpaired) electrons. The first-order valence-electron chi connectivity index (χ1n) is 3.23. The van der Waals surface area contributed by atoms with E-state index in [-0.39, 0.29) is 27.7 Å². The Morgan fingerprint density at radius 3 is 2.33 bits per heavy atom. The van der Waals surface area contributed by atoms with Crippen LogP contribution >= 0.6 is 0 Å². The van der Waals surface area contributed by atoms with Crippen molar-refractivity contribution >= 4 is 12.0 Å². The fraction of sp³-hybridized carbons (Fsp3) is 0. The van der Waals surface area contributed by atoms with Crippen LogP contribution < -0.4 is 5.11 Å². The molecule has 0 saturated carbocycles. The zero-order chi connectivity index (χ0) is 8.10. The Balaban J connectivity index is 0.00000121. The van der Waals surface area contributed by atoms with Gasteiger partial charge in [0.1, 0.15) is 0 Å². The second-order valence-corrected chi connectivity index (χ2v) is 2.06. The number of hydrogen-bond acceptors (Lipinski definition) is 2. The van der Waals surface area contributed by atoms with Crippen molar-refractivity contribution in [3.63, 3.8) is 0 Å². The van der Waals surface area contributed by atoms with Crippen LogP contribution in [0.3, 0.4) is 0 Å². The van der Waals surface area contributed by atoms with Gasteiger partial charge in [-0.25, -0.2) is 0 Å². The van der Waals surface area contributed by atoms with Gasteiger partial charge in [0.25, 0.3) is 0 Å². The van der Waals surface area contributed by atoms with Crippen molar-refractivity contribution in [2.24, 2.45) is 0 Å². The van der Waals surface area contributed by atoms with Gasteiger partial charge < -0.3 is 9.90 Å². The quantitative estimate of drug-likeness (QED) is 0.575.